The third-order valence-electron chi connectivity index (χ3n) is 4.93. The first-order valence-electron chi connectivity index (χ1n) is 9.66. The van der Waals surface area contributed by atoms with Crippen LogP contribution >= 0.6 is 0 Å². The molecule has 0 spiro atoms. The monoisotopic (exact) mass is 311 g/mol. The molecule has 130 valence electrons. The molecule has 1 saturated heterocycles. The molecule has 1 heterocycles. The van der Waals surface area contributed by atoms with Crippen molar-refractivity contribution < 1.29 is 9.90 Å². The maximum atomic E-state index is 12.0. The molecule has 1 amide bonds. The van der Waals surface area contributed by atoms with E-state index in [1.807, 2.05) is 0 Å². The van der Waals surface area contributed by atoms with Crippen molar-refractivity contribution in [2.75, 3.05) is 6.54 Å². The Morgan fingerprint density at radius 2 is 1.73 bits per heavy atom. The van der Waals surface area contributed by atoms with Gasteiger partial charge in [0.2, 0.25) is 5.91 Å². The van der Waals surface area contributed by atoms with E-state index >= 15 is 0 Å². The second kappa shape index (κ2) is 11.9. The van der Waals surface area contributed by atoms with Crippen molar-refractivity contribution >= 4 is 5.91 Å². The first kappa shape index (κ1) is 19.5. The number of rotatable bonds is 13. The topological polar surface area (TPSA) is 40.5 Å². The van der Waals surface area contributed by atoms with Gasteiger partial charge in [-0.2, -0.15) is 0 Å². The Labute approximate surface area is 137 Å². The second-order valence-electron chi connectivity index (χ2n) is 6.92. The van der Waals surface area contributed by atoms with Gasteiger partial charge in [0.25, 0.3) is 0 Å². The number of aliphatic hydroxyl groups is 1. The highest BCUT2D eigenvalue weighted by Gasteiger charge is 2.30. The van der Waals surface area contributed by atoms with E-state index in [9.17, 15) is 9.90 Å². The zero-order valence-corrected chi connectivity index (χ0v) is 14.9. The zero-order chi connectivity index (χ0) is 16.2. The summed E-state index contributed by atoms with van der Waals surface area (Å²) in [6.45, 7) is 5.35. The van der Waals surface area contributed by atoms with Crippen LogP contribution in [0.2, 0.25) is 0 Å². The predicted octanol–water partition coefficient (Wildman–Crippen LogP) is 4.67. The first-order valence-corrected chi connectivity index (χ1v) is 9.66. The van der Waals surface area contributed by atoms with Crippen molar-refractivity contribution in [3.8, 4) is 0 Å². The smallest absolute Gasteiger partial charge is 0.222 e. The molecule has 1 rings (SSSR count). The zero-order valence-electron chi connectivity index (χ0n) is 14.9. The van der Waals surface area contributed by atoms with Gasteiger partial charge < -0.3 is 10.0 Å². The van der Waals surface area contributed by atoms with Gasteiger partial charge in [0, 0.05) is 19.0 Å². The largest absolute Gasteiger partial charge is 0.393 e. The lowest BCUT2D eigenvalue weighted by Crippen LogP contribution is -2.34. The molecule has 22 heavy (non-hydrogen) atoms. The van der Waals surface area contributed by atoms with Crippen molar-refractivity contribution in [2.24, 2.45) is 0 Å². The maximum Gasteiger partial charge on any atom is 0.222 e. The quantitative estimate of drug-likeness (QED) is 0.502. The highest BCUT2D eigenvalue weighted by Crippen LogP contribution is 2.24. The molecule has 0 aliphatic carbocycles. The van der Waals surface area contributed by atoms with Gasteiger partial charge in [-0.25, -0.2) is 0 Å². The molecule has 1 aliphatic rings. The summed E-state index contributed by atoms with van der Waals surface area (Å²) in [5, 5.41) is 10.1. The fourth-order valence-electron chi connectivity index (χ4n) is 3.45. The number of hydrogen-bond acceptors (Lipinski definition) is 2. The van der Waals surface area contributed by atoms with Crippen molar-refractivity contribution in [3.05, 3.63) is 0 Å². The number of carbonyl (C=O) groups excluding carboxylic acids is 1. The number of carbonyl (C=O) groups is 1. The molecule has 0 saturated carbocycles. The first-order chi connectivity index (χ1) is 10.7. The Bertz CT molecular complexity index is 293. The minimum Gasteiger partial charge on any atom is -0.393 e. The van der Waals surface area contributed by atoms with Gasteiger partial charge in [0.1, 0.15) is 0 Å². The molecule has 0 radical (unpaired) electrons. The summed E-state index contributed by atoms with van der Waals surface area (Å²) < 4.78 is 0. The maximum absolute atomic E-state index is 12.0. The van der Waals surface area contributed by atoms with Gasteiger partial charge >= 0.3 is 0 Å². The lowest BCUT2D eigenvalue weighted by Gasteiger charge is -2.25. The molecule has 0 aromatic heterocycles. The molecule has 2 unspecified atom stereocenters. The summed E-state index contributed by atoms with van der Waals surface area (Å²) in [6.07, 6.45) is 14.1. The van der Waals surface area contributed by atoms with Crippen molar-refractivity contribution in [3.63, 3.8) is 0 Å². The van der Waals surface area contributed by atoms with Gasteiger partial charge in [0.15, 0.2) is 0 Å². The number of nitrogens with zero attached hydrogens (tertiary/aromatic N) is 1. The number of aliphatic hydroxyl groups excluding tert-OH is 1. The van der Waals surface area contributed by atoms with Crippen molar-refractivity contribution in [2.45, 2.75) is 109 Å². The number of unbranched alkanes of at least 4 members (excludes halogenated alkanes) is 6. The molecule has 1 fully saturated rings. The van der Waals surface area contributed by atoms with Crippen LogP contribution in [-0.4, -0.2) is 34.6 Å². The Balaban J connectivity index is 2.21. The molecule has 3 heteroatoms. The molecule has 1 aliphatic heterocycles. The van der Waals surface area contributed by atoms with Gasteiger partial charge in [0.05, 0.1) is 6.10 Å². The summed E-state index contributed by atoms with van der Waals surface area (Å²) in [6, 6.07) is 0.388. The highest BCUT2D eigenvalue weighted by molar-refractivity contribution is 5.78. The lowest BCUT2D eigenvalue weighted by molar-refractivity contribution is -0.129. The number of likely N-dealkylation sites (tertiary alicyclic amines) is 1. The fourth-order valence-corrected chi connectivity index (χ4v) is 3.45. The van der Waals surface area contributed by atoms with Crippen LogP contribution in [-0.2, 0) is 4.79 Å². The molecular weight excluding hydrogens is 274 g/mol. The van der Waals surface area contributed by atoms with Crippen LogP contribution in [0.3, 0.4) is 0 Å². The summed E-state index contributed by atoms with van der Waals surface area (Å²) in [4.78, 5) is 14.1. The molecule has 3 nitrogen and oxygen atoms in total. The van der Waals surface area contributed by atoms with Crippen LogP contribution in [0.1, 0.15) is 97.3 Å². The van der Waals surface area contributed by atoms with E-state index in [0.717, 1.165) is 45.1 Å². The molecule has 0 aromatic carbocycles. The van der Waals surface area contributed by atoms with Gasteiger partial charge in [-0.3, -0.25) is 4.79 Å². The fraction of sp³-hybridized carbons (Fsp3) is 0.947. The van der Waals surface area contributed by atoms with Crippen molar-refractivity contribution in [1.82, 2.24) is 4.90 Å². The van der Waals surface area contributed by atoms with E-state index in [1.54, 1.807) is 0 Å². The van der Waals surface area contributed by atoms with Crippen LogP contribution in [0.15, 0.2) is 0 Å². The highest BCUT2D eigenvalue weighted by atomic mass is 16.3. The lowest BCUT2D eigenvalue weighted by atomic mass is 10.0. The van der Waals surface area contributed by atoms with E-state index in [2.05, 4.69) is 18.7 Å². The van der Waals surface area contributed by atoms with Gasteiger partial charge in [-0.1, -0.05) is 58.8 Å². The van der Waals surface area contributed by atoms with Crippen molar-refractivity contribution in [1.29, 1.82) is 0 Å². The van der Waals surface area contributed by atoms with E-state index in [-0.39, 0.29) is 6.10 Å². The Kier molecular flexibility index (Phi) is 10.6. The van der Waals surface area contributed by atoms with Crippen LogP contribution in [0.25, 0.3) is 0 Å². The summed E-state index contributed by atoms with van der Waals surface area (Å²) in [7, 11) is 0. The average Bonchev–Trinajstić information content (AvgIpc) is 2.86. The molecule has 1 N–H and O–H groups in total. The Morgan fingerprint density at radius 3 is 2.45 bits per heavy atom. The minimum absolute atomic E-state index is 0.173. The Hall–Kier alpha value is -0.570. The van der Waals surface area contributed by atoms with E-state index in [0.29, 0.717) is 18.4 Å². The normalized spacial score (nSPS) is 19.9. The van der Waals surface area contributed by atoms with E-state index in [1.165, 1.54) is 38.5 Å². The van der Waals surface area contributed by atoms with Crippen LogP contribution in [0, 0.1) is 0 Å². The van der Waals surface area contributed by atoms with Crippen LogP contribution in [0.5, 0.6) is 0 Å². The standard InChI is InChI=1S/C19H37NO2/c1-3-5-7-8-10-16-20-17(13-15-19(20)22)12-14-18(21)11-9-6-4-2/h17-18,21H,3-16H2,1-2H3. The summed E-state index contributed by atoms with van der Waals surface area (Å²) >= 11 is 0. The number of hydrogen-bond donors (Lipinski definition) is 1. The molecule has 2 atom stereocenters. The average molecular weight is 312 g/mol. The molecule has 0 aromatic rings. The predicted molar refractivity (Wildman–Crippen MR) is 92.9 cm³/mol. The van der Waals surface area contributed by atoms with Crippen LogP contribution < -0.4 is 0 Å². The number of amides is 1. The summed E-state index contributed by atoms with van der Waals surface area (Å²) in [5.74, 6) is 0.334. The minimum atomic E-state index is -0.173. The SMILES string of the molecule is CCCCCCCN1C(=O)CCC1CCC(O)CCCCC. The van der Waals surface area contributed by atoms with E-state index in [4.69, 9.17) is 0 Å². The van der Waals surface area contributed by atoms with Crippen LogP contribution in [0.4, 0.5) is 0 Å². The van der Waals surface area contributed by atoms with E-state index < -0.39 is 0 Å². The summed E-state index contributed by atoms with van der Waals surface area (Å²) in [5.41, 5.74) is 0. The third kappa shape index (κ3) is 7.62. The molecular formula is C19H37NO2. The second-order valence-corrected chi connectivity index (χ2v) is 6.92. The van der Waals surface area contributed by atoms with Gasteiger partial charge in [-0.15, -0.1) is 0 Å². The Morgan fingerprint density at radius 1 is 1.05 bits per heavy atom. The van der Waals surface area contributed by atoms with Gasteiger partial charge in [-0.05, 0) is 32.1 Å². The third-order valence-corrected chi connectivity index (χ3v) is 4.93. The molecule has 0 bridgehead atoms.